The Morgan fingerprint density at radius 2 is 1.94 bits per heavy atom. The van der Waals surface area contributed by atoms with E-state index in [-0.39, 0.29) is 0 Å². The van der Waals surface area contributed by atoms with Crippen molar-refractivity contribution in [3.8, 4) is 0 Å². The molecule has 0 unspecified atom stereocenters. The fourth-order valence-electron chi connectivity index (χ4n) is 2.06. The Kier molecular flexibility index (Phi) is 3.66. The van der Waals surface area contributed by atoms with Crippen LogP contribution >= 0.6 is 11.6 Å². The van der Waals surface area contributed by atoms with Gasteiger partial charge >= 0.3 is 0 Å². The molecule has 0 N–H and O–H groups in total. The van der Waals surface area contributed by atoms with Crippen molar-refractivity contribution in [2.45, 2.75) is 19.9 Å². The smallest absolute Gasteiger partial charge is 0.147 e. The maximum atomic E-state index is 6.14. The predicted molar refractivity (Wildman–Crippen MR) is 68.2 cm³/mol. The average Bonchev–Trinajstić information content (AvgIpc) is 2.30. The lowest BCUT2D eigenvalue weighted by Gasteiger charge is -2.37. The van der Waals surface area contributed by atoms with E-state index in [4.69, 9.17) is 11.6 Å². The lowest BCUT2D eigenvalue weighted by molar-refractivity contribution is 0.209. The summed E-state index contributed by atoms with van der Waals surface area (Å²) in [7, 11) is 0. The van der Waals surface area contributed by atoms with E-state index in [2.05, 4.69) is 28.6 Å². The molecule has 0 saturated carbocycles. The van der Waals surface area contributed by atoms with Gasteiger partial charge in [-0.2, -0.15) is 0 Å². The van der Waals surface area contributed by atoms with Gasteiger partial charge in [0, 0.05) is 38.4 Å². The fraction of sp³-hybridized carbons (Fsp3) is 0.583. The van der Waals surface area contributed by atoms with Gasteiger partial charge in [-0.1, -0.05) is 11.6 Å². The van der Waals surface area contributed by atoms with Crippen LogP contribution in [0.1, 0.15) is 13.8 Å². The number of anilines is 1. The highest BCUT2D eigenvalue weighted by Gasteiger charge is 2.20. The van der Waals surface area contributed by atoms with Crippen LogP contribution in [0.15, 0.2) is 18.3 Å². The van der Waals surface area contributed by atoms with Gasteiger partial charge in [0.15, 0.2) is 0 Å². The summed E-state index contributed by atoms with van der Waals surface area (Å²) in [5.74, 6) is 0.924. The monoisotopic (exact) mass is 239 g/mol. The number of halogens is 1. The Hall–Kier alpha value is -0.800. The molecule has 3 nitrogen and oxygen atoms in total. The molecule has 0 aliphatic carbocycles. The Labute approximate surface area is 102 Å². The zero-order chi connectivity index (χ0) is 11.5. The highest BCUT2D eigenvalue weighted by molar-refractivity contribution is 6.32. The van der Waals surface area contributed by atoms with Gasteiger partial charge in [-0.25, -0.2) is 4.98 Å². The van der Waals surface area contributed by atoms with Crippen LogP contribution < -0.4 is 4.90 Å². The van der Waals surface area contributed by atoms with Crippen molar-refractivity contribution in [3.63, 3.8) is 0 Å². The molecule has 0 aromatic carbocycles. The summed E-state index contributed by atoms with van der Waals surface area (Å²) < 4.78 is 0. The molecule has 1 aliphatic heterocycles. The van der Waals surface area contributed by atoms with Crippen molar-refractivity contribution in [2.75, 3.05) is 31.1 Å². The summed E-state index contributed by atoms with van der Waals surface area (Å²) in [5.41, 5.74) is 0. The van der Waals surface area contributed by atoms with Gasteiger partial charge in [0.05, 0.1) is 5.02 Å². The van der Waals surface area contributed by atoms with Gasteiger partial charge in [0.25, 0.3) is 0 Å². The topological polar surface area (TPSA) is 19.4 Å². The molecule has 1 fully saturated rings. The van der Waals surface area contributed by atoms with Crippen LogP contribution in [-0.4, -0.2) is 42.1 Å². The molecular weight excluding hydrogens is 222 g/mol. The first kappa shape index (κ1) is 11.7. The summed E-state index contributed by atoms with van der Waals surface area (Å²) in [6, 6.07) is 4.40. The van der Waals surface area contributed by atoms with Crippen LogP contribution in [0.3, 0.4) is 0 Å². The van der Waals surface area contributed by atoms with E-state index in [1.165, 1.54) is 0 Å². The molecule has 0 radical (unpaired) electrons. The van der Waals surface area contributed by atoms with Crippen LogP contribution in [0.4, 0.5) is 5.82 Å². The molecule has 0 atom stereocenters. The van der Waals surface area contributed by atoms with Crippen LogP contribution in [0.2, 0.25) is 5.02 Å². The van der Waals surface area contributed by atoms with Gasteiger partial charge in [-0.3, -0.25) is 4.90 Å². The van der Waals surface area contributed by atoms with Gasteiger partial charge in [0.2, 0.25) is 0 Å². The zero-order valence-corrected chi connectivity index (χ0v) is 10.6. The summed E-state index contributed by atoms with van der Waals surface area (Å²) >= 11 is 6.14. The van der Waals surface area contributed by atoms with Gasteiger partial charge in [0.1, 0.15) is 5.82 Å². The molecule has 88 valence electrons. The second-order valence-corrected chi connectivity index (χ2v) is 4.83. The average molecular weight is 240 g/mol. The van der Waals surface area contributed by atoms with Gasteiger partial charge in [-0.05, 0) is 26.0 Å². The predicted octanol–water partition coefficient (Wildman–Crippen LogP) is 2.27. The van der Waals surface area contributed by atoms with E-state index in [1.54, 1.807) is 6.20 Å². The van der Waals surface area contributed by atoms with Crippen molar-refractivity contribution in [2.24, 2.45) is 0 Å². The maximum absolute atomic E-state index is 6.14. The number of piperazine rings is 1. The minimum Gasteiger partial charge on any atom is -0.353 e. The molecule has 4 heteroatoms. The van der Waals surface area contributed by atoms with Crippen molar-refractivity contribution in [3.05, 3.63) is 23.4 Å². The summed E-state index contributed by atoms with van der Waals surface area (Å²) in [4.78, 5) is 9.09. The first-order valence-corrected chi connectivity index (χ1v) is 6.16. The normalized spacial score (nSPS) is 18.1. The molecule has 1 aliphatic rings. The Morgan fingerprint density at radius 3 is 2.50 bits per heavy atom. The highest BCUT2D eigenvalue weighted by atomic mass is 35.5. The van der Waals surface area contributed by atoms with Crippen molar-refractivity contribution >= 4 is 17.4 Å². The number of aromatic nitrogens is 1. The van der Waals surface area contributed by atoms with Crippen molar-refractivity contribution < 1.29 is 0 Å². The standard InChI is InChI=1S/C12H18ClN3/c1-10(2)15-6-8-16(9-7-15)12-11(13)4-3-5-14-12/h3-5,10H,6-9H2,1-2H3. The van der Waals surface area contributed by atoms with Crippen molar-refractivity contribution in [1.82, 2.24) is 9.88 Å². The molecule has 1 saturated heterocycles. The van der Waals surface area contributed by atoms with E-state index in [9.17, 15) is 0 Å². The largest absolute Gasteiger partial charge is 0.353 e. The van der Waals surface area contributed by atoms with Crippen LogP contribution in [0, 0.1) is 0 Å². The number of nitrogens with zero attached hydrogens (tertiary/aromatic N) is 3. The van der Waals surface area contributed by atoms with Crippen molar-refractivity contribution in [1.29, 1.82) is 0 Å². The lowest BCUT2D eigenvalue weighted by atomic mass is 10.2. The lowest BCUT2D eigenvalue weighted by Crippen LogP contribution is -2.49. The maximum Gasteiger partial charge on any atom is 0.147 e. The molecular formula is C12H18ClN3. The minimum atomic E-state index is 0.626. The Bertz CT molecular complexity index is 346. The Morgan fingerprint density at radius 1 is 1.25 bits per heavy atom. The van der Waals surface area contributed by atoms with E-state index in [0.29, 0.717) is 6.04 Å². The first-order valence-electron chi connectivity index (χ1n) is 5.78. The third-order valence-electron chi connectivity index (χ3n) is 3.08. The molecule has 1 aromatic heterocycles. The quantitative estimate of drug-likeness (QED) is 0.789. The second-order valence-electron chi connectivity index (χ2n) is 4.43. The molecule has 16 heavy (non-hydrogen) atoms. The summed E-state index contributed by atoms with van der Waals surface area (Å²) in [6.45, 7) is 8.67. The van der Waals surface area contributed by atoms with Crippen LogP contribution in [0.5, 0.6) is 0 Å². The van der Waals surface area contributed by atoms with E-state index in [1.807, 2.05) is 12.1 Å². The number of hydrogen-bond donors (Lipinski definition) is 0. The zero-order valence-electron chi connectivity index (χ0n) is 9.86. The van der Waals surface area contributed by atoms with Gasteiger partial charge in [-0.15, -0.1) is 0 Å². The third-order valence-corrected chi connectivity index (χ3v) is 3.38. The molecule has 0 spiro atoms. The van der Waals surface area contributed by atoms with Gasteiger partial charge < -0.3 is 4.90 Å². The molecule has 2 heterocycles. The molecule has 0 bridgehead atoms. The number of hydrogen-bond acceptors (Lipinski definition) is 3. The van der Waals surface area contributed by atoms with E-state index in [0.717, 1.165) is 37.0 Å². The SMILES string of the molecule is CC(C)N1CCN(c2ncccc2Cl)CC1. The number of pyridine rings is 1. The third kappa shape index (κ3) is 2.47. The molecule has 1 aromatic rings. The second kappa shape index (κ2) is 5.02. The van der Waals surface area contributed by atoms with E-state index < -0.39 is 0 Å². The van der Waals surface area contributed by atoms with E-state index >= 15 is 0 Å². The number of rotatable bonds is 2. The Balaban J connectivity index is 2.02. The summed E-state index contributed by atoms with van der Waals surface area (Å²) in [6.07, 6.45) is 1.80. The highest BCUT2D eigenvalue weighted by Crippen LogP contribution is 2.23. The molecule has 0 amide bonds. The fourth-order valence-corrected chi connectivity index (χ4v) is 2.30. The summed E-state index contributed by atoms with van der Waals surface area (Å²) in [5, 5.41) is 0.750. The van der Waals surface area contributed by atoms with Crippen LogP contribution in [0.25, 0.3) is 0 Å². The first-order chi connectivity index (χ1) is 7.68. The molecule has 2 rings (SSSR count). The van der Waals surface area contributed by atoms with Crippen LogP contribution in [-0.2, 0) is 0 Å². The minimum absolute atomic E-state index is 0.626.